The van der Waals surface area contributed by atoms with Gasteiger partial charge in [-0.1, -0.05) is 12.1 Å². The van der Waals surface area contributed by atoms with Gasteiger partial charge in [0, 0.05) is 0 Å². The Labute approximate surface area is 83.1 Å². The van der Waals surface area contributed by atoms with Gasteiger partial charge in [-0.3, -0.25) is 0 Å². The molecule has 0 fully saturated rings. The average molecular weight is 203 g/mol. The molecule has 0 heterocycles. The van der Waals surface area contributed by atoms with Crippen molar-refractivity contribution in [3.63, 3.8) is 0 Å². The summed E-state index contributed by atoms with van der Waals surface area (Å²) in [5, 5.41) is 13.2. The molecule has 0 unspecified atom stereocenters. The fourth-order valence-electron chi connectivity index (χ4n) is 0.557. The second kappa shape index (κ2) is 5.31. The van der Waals surface area contributed by atoms with Crippen molar-refractivity contribution in [1.29, 1.82) is 0 Å². The number of carbonyl (C=O) groups is 1. The van der Waals surface area contributed by atoms with Gasteiger partial charge in [-0.05, 0) is 20.3 Å². The molecule has 0 aromatic rings. The van der Waals surface area contributed by atoms with Crippen molar-refractivity contribution in [2.75, 3.05) is 6.54 Å². The molecule has 0 aliphatic carbocycles. The molecule has 1 amide bonds. The molecule has 0 rings (SSSR count). The highest BCUT2D eigenvalue weighted by Gasteiger charge is 2.19. The highest BCUT2D eigenvalue weighted by Crippen LogP contribution is 2.12. The van der Waals surface area contributed by atoms with Gasteiger partial charge < -0.3 is 21.0 Å². The molecule has 82 valence electrons. The van der Waals surface area contributed by atoms with Crippen molar-refractivity contribution in [3.05, 3.63) is 0 Å². The monoisotopic (exact) mass is 203 g/mol. The first kappa shape index (κ1) is 12.5. The zero-order chi connectivity index (χ0) is 11.2. The minimum Gasteiger partial charge on any atom is -0.444 e. The van der Waals surface area contributed by atoms with E-state index in [9.17, 15) is 4.79 Å². The van der Waals surface area contributed by atoms with Crippen molar-refractivity contribution in [1.82, 2.24) is 5.32 Å². The van der Waals surface area contributed by atoms with E-state index in [4.69, 9.17) is 15.7 Å². The van der Waals surface area contributed by atoms with Crippen LogP contribution in [0, 0.1) is 0 Å². The van der Waals surface area contributed by atoms with Crippen LogP contribution in [0.3, 0.4) is 0 Å². The van der Waals surface area contributed by atoms with E-state index in [-0.39, 0.29) is 12.4 Å². The maximum atomic E-state index is 11.1. The molecule has 0 bridgehead atoms. The van der Waals surface area contributed by atoms with Gasteiger partial charge in [-0.25, -0.2) is 4.79 Å². The van der Waals surface area contributed by atoms with Crippen LogP contribution in [0.15, 0.2) is 5.16 Å². The maximum absolute atomic E-state index is 11.1. The van der Waals surface area contributed by atoms with Gasteiger partial charge >= 0.3 is 6.09 Å². The maximum Gasteiger partial charge on any atom is 0.408 e. The van der Waals surface area contributed by atoms with Crippen molar-refractivity contribution >= 4 is 11.9 Å². The van der Waals surface area contributed by atoms with Crippen LogP contribution in [0.4, 0.5) is 4.79 Å². The fourth-order valence-corrected chi connectivity index (χ4v) is 0.557. The van der Waals surface area contributed by atoms with E-state index in [1.54, 1.807) is 13.8 Å². The molecular weight excluding hydrogens is 186 g/mol. The summed E-state index contributed by atoms with van der Waals surface area (Å²) in [6.07, 6.45) is 0.132. The molecule has 0 aliphatic heterocycles. The third-order valence-electron chi connectivity index (χ3n) is 1.76. The van der Waals surface area contributed by atoms with E-state index in [1.165, 1.54) is 0 Å². The summed E-state index contributed by atoms with van der Waals surface area (Å²) in [6.45, 7) is 5.48. The quantitative estimate of drug-likeness (QED) is 0.270. The van der Waals surface area contributed by atoms with E-state index in [2.05, 4.69) is 10.5 Å². The lowest BCUT2D eigenvalue weighted by molar-refractivity contribution is 0.0370. The number of carbonyl (C=O) groups excluding carboxylic acids is 1. The summed E-state index contributed by atoms with van der Waals surface area (Å²) in [5.41, 5.74) is 4.64. The Morgan fingerprint density at radius 1 is 1.64 bits per heavy atom. The second-order valence-corrected chi connectivity index (χ2v) is 3.45. The van der Waals surface area contributed by atoms with Crippen LogP contribution in [-0.4, -0.2) is 29.3 Å². The Kier molecular flexibility index (Phi) is 4.76. The minimum atomic E-state index is -0.580. The van der Waals surface area contributed by atoms with Crippen LogP contribution in [-0.2, 0) is 4.74 Å². The van der Waals surface area contributed by atoms with Crippen molar-refractivity contribution in [3.8, 4) is 0 Å². The number of oxime groups is 1. The number of amidine groups is 1. The number of rotatable bonds is 4. The number of ether oxygens (including phenoxy) is 1. The number of hydrogen-bond acceptors (Lipinski definition) is 4. The molecule has 6 heteroatoms. The Morgan fingerprint density at radius 2 is 2.21 bits per heavy atom. The number of hydrogen-bond donors (Lipinski definition) is 3. The van der Waals surface area contributed by atoms with Crippen LogP contribution < -0.4 is 11.1 Å². The van der Waals surface area contributed by atoms with Crippen molar-refractivity contribution in [2.24, 2.45) is 10.9 Å². The summed E-state index contributed by atoms with van der Waals surface area (Å²) < 4.78 is 5.04. The van der Waals surface area contributed by atoms with Gasteiger partial charge in [0.15, 0.2) is 5.84 Å². The highest BCUT2D eigenvalue weighted by molar-refractivity contribution is 5.84. The summed E-state index contributed by atoms with van der Waals surface area (Å²) in [6, 6.07) is 0. The van der Waals surface area contributed by atoms with Crippen LogP contribution in [0.2, 0.25) is 0 Å². The molecule has 0 saturated carbocycles. The third-order valence-corrected chi connectivity index (χ3v) is 1.76. The van der Waals surface area contributed by atoms with E-state index in [1.807, 2.05) is 6.92 Å². The molecular formula is C8H17N3O3. The van der Waals surface area contributed by atoms with Crippen LogP contribution in [0.25, 0.3) is 0 Å². The largest absolute Gasteiger partial charge is 0.444 e. The van der Waals surface area contributed by atoms with Crippen LogP contribution in [0.5, 0.6) is 0 Å². The minimum absolute atomic E-state index is 0.0326. The summed E-state index contributed by atoms with van der Waals surface area (Å²) in [5.74, 6) is -0.0729. The Hall–Kier alpha value is -1.46. The van der Waals surface area contributed by atoms with E-state index in [0.29, 0.717) is 6.42 Å². The highest BCUT2D eigenvalue weighted by atomic mass is 16.6. The zero-order valence-electron chi connectivity index (χ0n) is 8.70. The van der Waals surface area contributed by atoms with Crippen molar-refractivity contribution < 1.29 is 14.7 Å². The molecule has 0 saturated heterocycles. The van der Waals surface area contributed by atoms with Crippen LogP contribution >= 0.6 is 0 Å². The van der Waals surface area contributed by atoms with Gasteiger partial charge in [0.1, 0.15) is 5.60 Å². The van der Waals surface area contributed by atoms with Gasteiger partial charge in [-0.15, -0.1) is 0 Å². The number of nitrogens with two attached hydrogens (primary N) is 1. The summed E-state index contributed by atoms with van der Waals surface area (Å²) in [4.78, 5) is 11.1. The molecule has 0 spiro atoms. The van der Waals surface area contributed by atoms with E-state index < -0.39 is 11.7 Å². The lowest BCUT2D eigenvalue weighted by atomic mass is 10.1. The first-order chi connectivity index (χ1) is 6.41. The number of nitrogens with zero attached hydrogens (tertiary/aromatic N) is 1. The molecule has 0 atom stereocenters. The molecule has 6 nitrogen and oxygen atoms in total. The van der Waals surface area contributed by atoms with Crippen molar-refractivity contribution in [2.45, 2.75) is 32.8 Å². The summed E-state index contributed by atoms with van der Waals surface area (Å²) in [7, 11) is 0. The first-order valence-electron chi connectivity index (χ1n) is 4.34. The second-order valence-electron chi connectivity index (χ2n) is 3.45. The predicted octanol–water partition coefficient (Wildman–Crippen LogP) is 0.648. The topological polar surface area (TPSA) is 96.9 Å². The average Bonchev–Trinajstić information content (AvgIpc) is 2.13. The van der Waals surface area contributed by atoms with Gasteiger partial charge in [-0.2, -0.15) is 0 Å². The smallest absolute Gasteiger partial charge is 0.408 e. The van der Waals surface area contributed by atoms with E-state index >= 15 is 0 Å². The molecule has 0 aromatic carbocycles. The number of alkyl carbamates (subject to hydrolysis) is 1. The first-order valence-corrected chi connectivity index (χ1v) is 4.34. The summed E-state index contributed by atoms with van der Waals surface area (Å²) >= 11 is 0. The Bertz CT molecular complexity index is 226. The SMILES string of the molecule is CCC(C)(C)OC(=O)NCC(N)=NO. The third kappa shape index (κ3) is 5.23. The predicted molar refractivity (Wildman–Crippen MR) is 52.3 cm³/mol. The molecule has 14 heavy (non-hydrogen) atoms. The normalized spacial score (nSPS) is 12.4. The molecule has 4 N–H and O–H groups in total. The Morgan fingerprint density at radius 3 is 2.64 bits per heavy atom. The van der Waals surface area contributed by atoms with Crippen LogP contribution in [0.1, 0.15) is 27.2 Å². The molecule has 0 aliphatic rings. The Balaban J connectivity index is 3.88. The van der Waals surface area contributed by atoms with Gasteiger partial charge in [0.05, 0.1) is 6.54 Å². The lowest BCUT2D eigenvalue weighted by Gasteiger charge is -2.23. The lowest BCUT2D eigenvalue weighted by Crippen LogP contribution is -2.38. The molecule has 0 aromatic heterocycles. The molecule has 0 radical (unpaired) electrons. The standard InChI is InChI=1S/C8H17N3O3/c1-4-8(2,3)14-7(12)10-5-6(9)11-13/h13H,4-5H2,1-3H3,(H2,9,11)(H,10,12). The van der Waals surface area contributed by atoms with Gasteiger partial charge in [0.2, 0.25) is 0 Å². The van der Waals surface area contributed by atoms with Gasteiger partial charge in [0.25, 0.3) is 0 Å². The zero-order valence-corrected chi connectivity index (χ0v) is 8.70. The number of nitrogens with one attached hydrogen (secondary N) is 1. The van der Waals surface area contributed by atoms with E-state index in [0.717, 1.165) is 0 Å². The number of amides is 1. The fraction of sp³-hybridized carbons (Fsp3) is 0.750.